The molecule has 0 radical (unpaired) electrons. The minimum absolute atomic E-state index is 0.264. The average Bonchev–Trinajstić information content (AvgIpc) is 1.60. The average molecular weight is 1380 g/mol. The SMILES string of the molecule is c1ccc(-c2ccc3c(c2)B2c4ccc5c(c4N(c4ccc6c(c4)C4(c7ccccc7-c7ccccc74)c4ccccc4-6)c4cc(-n6c7ccccc7c7ccccc76)cc(c42)N3c2ccc3c(c2)-c2ccccc2C32c3ccccc3-c3ccccc32)C2(c3ccccc3-c3ccccc32)c2ccccc2-5)cc1. The van der Waals surface area contributed by atoms with Gasteiger partial charge in [-0.3, -0.25) is 0 Å². The molecule has 18 aromatic rings. The third-order valence-electron chi connectivity index (χ3n) is 26.6. The van der Waals surface area contributed by atoms with Gasteiger partial charge in [0, 0.05) is 50.5 Å². The highest BCUT2D eigenvalue weighted by Gasteiger charge is 2.58. The predicted molar refractivity (Wildman–Crippen MR) is 449 cm³/mol. The Hall–Kier alpha value is -13.8. The zero-order chi connectivity index (χ0) is 70.7. The molecule has 0 bridgehead atoms. The number of nitrogens with zero attached hydrogens (tertiary/aromatic N) is 3. The number of para-hydroxylation sites is 2. The number of anilines is 6. The molecule has 2 aliphatic heterocycles. The molecule has 1 aromatic heterocycles. The summed E-state index contributed by atoms with van der Waals surface area (Å²) in [6.45, 7) is -0.264. The van der Waals surface area contributed by atoms with Crippen molar-refractivity contribution >= 4 is 79.0 Å². The van der Waals surface area contributed by atoms with E-state index in [0.717, 1.165) is 45.2 Å². The molecule has 0 saturated heterocycles. The summed E-state index contributed by atoms with van der Waals surface area (Å²) in [5.74, 6) is 0. The monoisotopic (exact) mass is 1380 g/mol. The fourth-order valence-electron chi connectivity index (χ4n) is 22.8. The van der Waals surface area contributed by atoms with Crippen molar-refractivity contribution in [3.63, 3.8) is 0 Å². The third-order valence-corrected chi connectivity index (χ3v) is 26.6. The van der Waals surface area contributed by atoms with Crippen molar-refractivity contribution in [2.24, 2.45) is 0 Å². The van der Waals surface area contributed by atoms with Crippen LogP contribution in [-0.4, -0.2) is 11.3 Å². The van der Waals surface area contributed by atoms with E-state index in [0.29, 0.717) is 0 Å². The van der Waals surface area contributed by atoms with Gasteiger partial charge in [-0.2, -0.15) is 0 Å². The summed E-state index contributed by atoms with van der Waals surface area (Å²) < 4.78 is 2.57. The van der Waals surface area contributed by atoms with E-state index in [1.54, 1.807) is 0 Å². The van der Waals surface area contributed by atoms with Crippen LogP contribution < -0.4 is 26.2 Å². The Kier molecular flexibility index (Phi) is 11.2. The Labute approximate surface area is 631 Å². The number of hydrogen-bond acceptors (Lipinski definition) is 2. The van der Waals surface area contributed by atoms with Crippen molar-refractivity contribution in [1.82, 2.24) is 4.57 Å². The van der Waals surface area contributed by atoms with Crippen LogP contribution in [0.4, 0.5) is 34.1 Å². The highest BCUT2D eigenvalue weighted by atomic mass is 15.2. The van der Waals surface area contributed by atoms with Gasteiger partial charge in [-0.05, 0) is 210 Å². The number of aromatic nitrogens is 1. The maximum absolute atomic E-state index is 2.81. The van der Waals surface area contributed by atoms with Crippen LogP contribution in [0.1, 0.15) is 66.8 Å². The van der Waals surface area contributed by atoms with Gasteiger partial charge in [0.2, 0.25) is 0 Å². The second-order valence-electron chi connectivity index (χ2n) is 31.1. The molecule has 500 valence electrons. The molecule has 0 atom stereocenters. The minimum atomic E-state index is -0.723. The zero-order valence-corrected chi connectivity index (χ0v) is 59.2. The highest BCUT2D eigenvalue weighted by molar-refractivity contribution is 7.00. The van der Waals surface area contributed by atoms with Crippen LogP contribution in [0.15, 0.2) is 376 Å². The van der Waals surface area contributed by atoms with E-state index in [1.807, 2.05) is 0 Å². The van der Waals surface area contributed by atoms with E-state index >= 15 is 0 Å². The summed E-state index contributed by atoms with van der Waals surface area (Å²) in [5, 5.41) is 2.44. The fourth-order valence-corrected chi connectivity index (χ4v) is 22.8. The minimum Gasteiger partial charge on any atom is -0.311 e. The van der Waals surface area contributed by atoms with Crippen molar-refractivity contribution in [2.75, 3.05) is 9.80 Å². The molecule has 0 amide bonds. The first kappa shape index (κ1) is 58.5. The van der Waals surface area contributed by atoms with Crippen LogP contribution in [0, 0.1) is 0 Å². The fraction of sp³-hybridized carbons (Fsp3) is 0.0286. The summed E-state index contributed by atoms with van der Waals surface area (Å²) in [7, 11) is 0. The number of benzene rings is 17. The summed E-state index contributed by atoms with van der Waals surface area (Å²) in [6.07, 6.45) is 0. The normalized spacial score (nSPS) is 15.0. The van der Waals surface area contributed by atoms with Gasteiger partial charge in [-0.25, -0.2) is 0 Å². The molecule has 3 spiro atoms. The molecule has 0 N–H and O–H groups in total. The smallest absolute Gasteiger partial charge is 0.252 e. The molecule has 3 nitrogen and oxygen atoms in total. The molecule has 0 unspecified atom stereocenters. The molecule has 0 fully saturated rings. The maximum Gasteiger partial charge on any atom is 0.252 e. The Morgan fingerprint density at radius 1 is 0.211 bits per heavy atom. The Morgan fingerprint density at radius 3 is 1.09 bits per heavy atom. The Balaban J connectivity index is 0.830. The van der Waals surface area contributed by atoms with Gasteiger partial charge in [-0.15, -0.1) is 0 Å². The maximum atomic E-state index is 2.81. The first-order valence-electron chi connectivity index (χ1n) is 38.4. The van der Waals surface area contributed by atoms with Crippen LogP contribution in [0.5, 0.6) is 0 Å². The lowest BCUT2D eigenvalue weighted by Crippen LogP contribution is -2.62. The van der Waals surface area contributed by atoms with E-state index < -0.39 is 16.2 Å². The van der Waals surface area contributed by atoms with Gasteiger partial charge in [0.1, 0.15) is 0 Å². The molecule has 6 aliphatic carbocycles. The van der Waals surface area contributed by atoms with Crippen molar-refractivity contribution in [3.05, 3.63) is 443 Å². The Morgan fingerprint density at radius 2 is 0.587 bits per heavy atom. The van der Waals surface area contributed by atoms with E-state index in [9.17, 15) is 0 Å². The van der Waals surface area contributed by atoms with Crippen LogP contribution in [0.2, 0.25) is 0 Å². The van der Waals surface area contributed by atoms with Crippen molar-refractivity contribution < 1.29 is 0 Å². The van der Waals surface area contributed by atoms with E-state index in [1.165, 1.54) is 177 Å². The van der Waals surface area contributed by atoms with Crippen molar-refractivity contribution in [1.29, 1.82) is 0 Å². The van der Waals surface area contributed by atoms with Crippen LogP contribution in [0.3, 0.4) is 0 Å². The third kappa shape index (κ3) is 6.96. The summed E-state index contributed by atoms with van der Waals surface area (Å²) in [4.78, 5) is 5.49. The lowest BCUT2D eigenvalue weighted by atomic mass is 9.33. The summed E-state index contributed by atoms with van der Waals surface area (Å²) in [6, 6.07) is 146. The van der Waals surface area contributed by atoms with Gasteiger partial charge in [-0.1, -0.05) is 322 Å². The van der Waals surface area contributed by atoms with E-state index in [-0.39, 0.29) is 6.71 Å². The highest BCUT2D eigenvalue weighted by Crippen LogP contribution is 2.69. The van der Waals surface area contributed by atoms with E-state index in [4.69, 9.17) is 0 Å². The van der Waals surface area contributed by atoms with Crippen LogP contribution in [0.25, 0.3) is 105 Å². The van der Waals surface area contributed by atoms with Crippen molar-refractivity contribution in [3.8, 4) is 83.6 Å². The lowest BCUT2D eigenvalue weighted by molar-refractivity contribution is 0.790. The molecular formula is C105H62BN3. The van der Waals surface area contributed by atoms with Gasteiger partial charge >= 0.3 is 0 Å². The second-order valence-corrected chi connectivity index (χ2v) is 31.1. The molecule has 26 rings (SSSR count). The first-order valence-corrected chi connectivity index (χ1v) is 38.4. The molecule has 3 heterocycles. The molecule has 8 aliphatic rings. The number of hydrogen-bond donors (Lipinski definition) is 0. The molecular weight excluding hydrogens is 1310 g/mol. The van der Waals surface area contributed by atoms with Crippen molar-refractivity contribution in [2.45, 2.75) is 16.2 Å². The predicted octanol–water partition coefficient (Wildman–Crippen LogP) is 23.6. The summed E-state index contributed by atoms with van der Waals surface area (Å²) in [5.41, 5.74) is 45.8. The van der Waals surface area contributed by atoms with Crippen LogP contribution >= 0.6 is 0 Å². The number of rotatable bonds is 4. The quantitative estimate of drug-likeness (QED) is 0.163. The molecule has 17 aromatic carbocycles. The van der Waals surface area contributed by atoms with E-state index in [2.05, 4.69) is 390 Å². The van der Waals surface area contributed by atoms with Gasteiger partial charge < -0.3 is 14.4 Å². The standard InChI is InChI=1S/C105H62BN3/c1-2-26-63(27-3-1)64-50-57-97-94(58-64)106-93-56-54-80-75-35-11-23-47-90(75)105(88-45-21-9-32-72(88)73-33-10-22-46-89(73)105)100(80)102(93)109(66-51-53-77-74-34-8-19-43-86(74)104(92(77)60-66)84-41-17-6-30-70(84)71-31-7-18-42-85(71)104)99-62-67(108-95-48-24-13-37-78(95)79-38-14-25-49-96(79)108)61-98(101(99)106)107(97)65-52-55-91-81(59-65)76-36-12-20-44-87(76)103(91)82-39-15-4-28-68(82)69-29-5-16-40-83(69)103/h1-62H. The van der Waals surface area contributed by atoms with Gasteiger partial charge in [0.25, 0.3) is 6.71 Å². The lowest BCUT2D eigenvalue weighted by Gasteiger charge is -2.46. The number of fused-ring (bicyclic) bond motifs is 38. The first-order chi connectivity index (χ1) is 54.1. The van der Waals surface area contributed by atoms with Gasteiger partial charge in [0.15, 0.2) is 0 Å². The topological polar surface area (TPSA) is 11.4 Å². The van der Waals surface area contributed by atoms with Gasteiger partial charge in [0.05, 0.1) is 33.0 Å². The molecule has 4 heteroatoms. The Bertz CT molecular complexity index is 6950. The largest absolute Gasteiger partial charge is 0.311 e. The summed E-state index contributed by atoms with van der Waals surface area (Å²) >= 11 is 0. The van der Waals surface area contributed by atoms with Crippen LogP contribution in [-0.2, 0) is 16.2 Å². The molecule has 109 heavy (non-hydrogen) atoms. The second kappa shape index (κ2) is 20.8. The molecule has 0 saturated carbocycles. The zero-order valence-electron chi connectivity index (χ0n) is 59.2.